The molecule has 13 heavy (non-hydrogen) atoms. The van der Waals surface area contributed by atoms with Crippen molar-refractivity contribution in [1.29, 1.82) is 0 Å². The molecular formula is C11H22O2. The van der Waals surface area contributed by atoms with Crippen molar-refractivity contribution < 1.29 is 10.2 Å². The van der Waals surface area contributed by atoms with Crippen LogP contribution in [-0.2, 0) is 0 Å². The highest BCUT2D eigenvalue weighted by molar-refractivity contribution is 4.86. The molecular weight excluding hydrogens is 164 g/mol. The van der Waals surface area contributed by atoms with E-state index in [0.29, 0.717) is 12.3 Å². The molecule has 2 atom stereocenters. The van der Waals surface area contributed by atoms with Crippen LogP contribution in [0.25, 0.3) is 0 Å². The first kappa shape index (κ1) is 11.0. The van der Waals surface area contributed by atoms with Gasteiger partial charge in [0.25, 0.3) is 0 Å². The lowest BCUT2D eigenvalue weighted by molar-refractivity contribution is -0.0967. The molecule has 2 nitrogen and oxygen atoms in total. The molecule has 0 aromatic rings. The minimum Gasteiger partial charge on any atom is -0.390 e. The molecule has 0 aliphatic heterocycles. The Morgan fingerprint density at radius 1 is 1.31 bits per heavy atom. The Bertz CT molecular complexity index is 148. The highest BCUT2D eigenvalue weighted by Gasteiger charge is 2.35. The summed E-state index contributed by atoms with van der Waals surface area (Å²) in [6, 6.07) is 0. The summed E-state index contributed by atoms with van der Waals surface area (Å²) in [4.78, 5) is 0. The van der Waals surface area contributed by atoms with Crippen molar-refractivity contribution in [3.8, 4) is 0 Å². The number of rotatable bonds is 3. The summed E-state index contributed by atoms with van der Waals surface area (Å²) < 4.78 is 0. The van der Waals surface area contributed by atoms with Crippen LogP contribution >= 0.6 is 0 Å². The summed E-state index contributed by atoms with van der Waals surface area (Å²) in [5, 5.41) is 19.8. The fraction of sp³-hybridized carbons (Fsp3) is 1.00. The lowest BCUT2D eigenvalue weighted by Crippen LogP contribution is -2.44. The number of hydrogen-bond donors (Lipinski definition) is 2. The first-order valence-corrected chi connectivity index (χ1v) is 5.48. The van der Waals surface area contributed by atoms with E-state index in [1.54, 1.807) is 6.92 Å². The van der Waals surface area contributed by atoms with Crippen molar-refractivity contribution in [2.75, 3.05) is 0 Å². The van der Waals surface area contributed by atoms with E-state index in [-0.39, 0.29) is 0 Å². The van der Waals surface area contributed by atoms with Gasteiger partial charge in [-0.15, -0.1) is 0 Å². The van der Waals surface area contributed by atoms with Crippen LogP contribution in [0.1, 0.15) is 52.4 Å². The third kappa shape index (κ3) is 2.68. The molecule has 1 aliphatic rings. The van der Waals surface area contributed by atoms with Crippen molar-refractivity contribution in [3.63, 3.8) is 0 Å². The predicted molar refractivity (Wildman–Crippen MR) is 53.5 cm³/mol. The second kappa shape index (κ2) is 4.43. The Hall–Kier alpha value is -0.0800. The quantitative estimate of drug-likeness (QED) is 0.708. The number of aliphatic hydroxyl groups excluding tert-OH is 1. The standard InChI is InChI=1S/C11H22O2/c1-3-11(2,13)10(12)9-7-5-4-6-8-9/h9-10,12-13H,3-8H2,1-2H3. The minimum atomic E-state index is -0.887. The third-order valence-corrected chi connectivity index (χ3v) is 3.45. The SMILES string of the molecule is CCC(C)(O)C(O)C1CCCCC1. The zero-order chi connectivity index (χ0) is 9.90. The van der Waals surface area contributed by atoms with Gasteiger partial charge in [-0.2, -0.15) is 0 Å². The maximum absolute atomic E-state index is 9.95. The van der Waals surface area contributed by atoms with Gasteiger partial charge in [0.15, 0.2) is 0 Å². The molecule has 0 amide bonds. The summed E-state index contributed by atoms with van der Waals surface area (Å²) in [7, 11) is 0. The van der Waals surface area contributed by atoms with Gasteiger partial charge in [-0.25, -0.2) is 0 Å². The molecule has 2 heteroatoms. The molecule has 0 spiro atoms. The number of hydrogen-bond acceptors (Lipinski definition) is 2. The van der Waals surface area contributed by atoms with Gasteiger partial charge in [0, 0.05) is 0 Å². The van der Waals surface area contributed by atoms with Crippen molar-refractivity contribution in [3.05, 3.63) is 0 Å². The molecule has 0 radical (unpaired) electrons. The topological polar surface area (TPSA) is 40.5 Å². The van der Waals surface area contributed by atoms with E-state index in [9.17, 15) is 10.2 Å². The van der Waals surface area contributed by atoms with E-state index in [1.807, 2.05) is 6.92 Å². The van der Waals surface area contributed by atoms with Crippen LogP contribution in [0, 0.1) is 5.92 Å². The van der Waals surface area contributed by atoms with Crippen molar-refractivity contribution >= 4 is 0 Å². The Labute approximate surface area is 81.0 Å². The molecule has 78 valence electrons. The summed E-state index contributed by atoms with van der Waals surface area (Å²) in [6.07, 6.45) is 5.97. The zero-order valence-corrected chi connectivity index (χ0v) is 8.79. The van der Waals surface area contributed by atoms with Crippen LogP contribution in [0.5, 0.6) is 0 Å². The normalized spacial score (nSPS) is 26.8. The van der Waals surface area contributed by atoms with E-state index in [2.05, 4.69) is 0 Å². The Morgan fingerprint density at radius 2 is 1.85 bits per heavy atom. The molecule has 1 rings (SSSR count). The van der Waals surface area contributed by atoms with Gasteiger partial charge in [-0.1, -0.05) is 26.2 Å². The molecule has 0 aromatic carbocycles. The first-order valence-electron chi connectivity index (χ1n) is 5.48. The van der Waals surface area contributed by atoms with Gasteiger partial charge < -0.3 is 10.2 Å². The summed E-state index contributed by atoms with van der Waals surface area (Å²) in [6.45, 7) is 3.66. The van der Waals surface area contributed by atoms with Crippen molar-refractivity contribution in [2.45, 2.75) is 64.1 Å². The van der Waals surface area contributed by atoms with E-state index >= 15 is 0 Å². The van der Waals surface area contributed by atoms with Crippen LogP contribution in [0.15, 0.2) is 0 Å². The molecule has 1 aliphatic carbocycles. The highest BCUT2D eigenvalue weighted by Crippen LogP contribution is 2.32. The van der Waals surface area contributed by atoms with Crippen LogP contribution in [0.2, 0.25) is 0 Å². The molecule has 2 unspecified atom stereocenters. The van der Waals surface area contributed by atoms with Gasteiger partial charge >= 0.3 is 0 Å². The van der Waals surface area contributed by atoms with Crippen LogP contribution in [-0.4, -0.2) is 21.9 Å². The second-order valence-electron chi connectivity index (χ2n) is 4.55. The monoisotopic (exact) mass is 186 g/mol. The average molecular weight is 186 g/mol. The predicted octanol–water partition coefficient (Wildman–Crippen LogP) is 2.09. The van der Waals surface area contributed by atoms with Gasteiger partial charge in [0.05, 0.1) is 11.7 Å². The van der Waals surface area contributed by atoms with E-state index < -0.39 is 11.7 Å². The molecule has 1 saturated carbocycles. The van der Waals surface area contributed by atoms with Crippen molar-refractivity contribution in [1.82, 2.24) is 0 Å². The molecule has 0 saturated heterocycles. The molecule has 2 N–H and O–H groups in total. The van der Waals surface area contributed by atoms with Crippen LogP contribution in [0.4, 0.5) is 0 Å². The Balaban J connectivity index is 2.49. The van der Waals surface area contributed by atoms with Crippen molar-refractivity contribution in [2.24, 2.45) is 5.92 Å². The Morgan fingerprint density at radius 3 is 2.31 bits per heavy atom. The minimum absolute atomic E-state index is 0.323. The molecule has 1 fully saturated rings. The Kier molecular flexibility index (Phi) is 3.74. The van der Waals surface area contributed by atoms with Gasteiger partial charge in [-0.3, -0.25) is 0 Å². The largest absolute Gasteiger partial charge is 0.390 e. The highest BCUT2D eigenvalue weighted by atomic mass is 16.3. The first-order chi connectivity index (χ1) is 6.08. The zero-order valence-electron chi connectivity index (χ0n) is 8.79. The van der Waals surface area contributed by atoms with E-state index in [0.717, 1.165) is 12.8 Å². The summed E-state index contributed by atoms with van der Waals surface area (Å²) in [5.74, 6) is 0.323. The van der Waals surface area contributed by atoms with Crippen LogP contribution in [0.3, 0.4) is 0 Å². The van der Waals surface area contributed by atoms with E-state index in [1.165, 1.54) is 19.3 Å². The maximum Gasteiger partial charge on any atom is 0.0877 e. The second-order valence-corrected chi connectivity index (χ2v) is 4.55. The average Bonchev–Trinajstić information content (AvgIpc) is 2.18. The van der Waals surface area contributed by atoms with Gasteiger partial charge in [-0.05, 0) is 32.1 Å². The van der Waals surface area contributed by atoms with E-state index in [4.69, 9.17) is 0 Å². The smallest absolute Gasteiger partial charge is 0.0877 e. The fourth-order valence-electron chi connectivity index (χ4n) is 2.17. The van der Waals surface area contributed by atoms with Gasteiger partial charge in [0.1, 0.15) is 0 Å². The van der Waals surface area contributed by atoms with Gasteiger partial charge in [0.2, 0.25) is 0 Å². The molecule has 0 aromatic heterocycles. The lowest BCUT2D eigenvalue weighted by Gasteiger charge is -2.35. The number of aliphatic hydroxyl groups is 2. The third-order valence-electron chi connectivity index (χ3n) is 3.45. The maximum atomic E-state index is 9.95. The summed E-state index contributed by atoms with van der Waals surface area (Å²) >= 11 is 0. The van der Waals surface area contributed by atoms with Crippen LogP contribution < -0.4 is 0 Å². The lowest BCUT2D eigenvalue weighted by atomic mass is 9.78. The molecule has 0 bridgehead atoms. The summed E-state index contributed by atoms with van der Waals surface area (Å²) in [5.41, 5.74) is -0.887. The molecule has 0 heterocycles. The fourth-order valence-corrected chi connectivity index (χ4v) is 2.17.